The number of rotatable bonds is 8. The topological polar surface area (TPSA) is 48.9 Å². The summed E-state index contributed by atoms with van der Waals surface area (Å²) in [6.07, 6.45) is 5.22. The summed E-state index contributed by atoms with van der Waals surface area (Å²) in [5.41, 5.74) is 0. The van der Waals surface area contributed by atoms with Crippen molar-refractivity contribution in [1.82, 2.24) is 15.5 Å². The lowest BCUT2D eigenvalue weighted by Crippen LogP contribution is -2.41. The molecule has 1 atom stereocenters. The molecule has 0 amide bonds. The molecule has 2 aliphatic rings. The number of halogens is 1. The Balaban J connectivity index is 0.00000288. The van der Waals surface area contributed by atoms with E-state index in [2.05, 4.69) is 34.2 Å². The Kier molecular flexibility index (Phi) is 12.5. The summed E-state index contributed by atoms with van der Waals surface area (Å²) in [5.74, 6) is 3.05. The van der Waals surface area contributed by atoms with E-state index >= 15 is 0 Å². The predicted molar refractivity (Wildman–Crippen MR) is 116 cm³/mol. The largest absolute Gasteiger partial charge is 0.383 e. The molecule has 2 N–H and O–H groups in total. The number of likely N-dealkylation sites (tertiary alicyclic amines) is 1. The number of ether oxygens (including phenoxy) is 1. The van der Waals surface area contributed by atoms with Crippen LogP contribution in [0.1, 0.15) is 32.6 Å². The van der Waals surface area contributed by atoms with Crippen LogP contribution < -0.4 is 10.6 Å². The fourth-order valence-electron chi connectivity index (χ4n) is 3.19. The van der Waals surface area contributed by atoms with Crippen LogP contribution in [-0.4, -0.2) is 74.8 Å². The van der Waals surface area contributed by atoms with E-state index in [0.29, 0.717) is 0 Å². The molecule has 142 valence electrons. The Morgan fingerprint density at radius 3 is 2.67 bits per heavy atom. The second kappa shape index (κ2) is 13.5. The highest BCUT2D eigenvalue weighted by Crippen LogP contribution is 2.25. The zero-order chi connectivity index (χ0) is 16.3. The summed E-state index contributed by atoms with van der Waals surface area (Å²) in [6.45, 7) is 9.34. The number of nitrogens with one attached hydrogen (secondary N) is 2. The molecule has 1 unspecified atom stereocenters. The zero-order valence-electron chi connectivity index (χ0n) is 15.3. The SMILES string of the molecule is CCNC(=NCC1CCN(CCOC)CC1)NCC1CCCS1.I. The van der Waals surface area contributed by atoms with E-state index < -0.39 is 0 Å². The van der Waals surface area contributed by atoms with Crippen molar-refractivity contribution in [1.29, 1.82) is 0 Å². The van der Waals surface area contributed by atoms with Crippen LogP contribution >= 0.6 is 35.7 Å². The second-order valence-electron chi connectivity index (χ2n) is 6.51. The van der Waals surface area contributed by atoms with Crippen molar-refractivity contribution in [3.05, 3.63) is 0 Å². The highest BCUT2D eigenvalue weighted by molar-refractivity contribution is 14.0. The van der Waals surface area contributed by atoms with Crippen molar-refractivity contribution in [3.63, 3.8) is 0 Å². The summed E-state index contributed by atoms with van der Waals surface area (Å²) < 4.78 is 5.16. The lowest BCUT2D eigenvalue weighted by molar-refractivity contribution is 0.121. The van der Waals surface area contributed by atoms with Gasteiger partial charge in [0, 0.05) is 38.5 Å². The fraction of sp³-hybridized carbons (Fsp3) is 0.941. The molecule has 2 heterocycles. The molecule has 24 heavy (non-hydrogen) atoms. The average molecular weight is 470 g/mol. The van der Waals surface area contributed by atoms with Crippen LogP contribution in [0.3, 0.4) is 0 Å². The smallest absolute Gasteiger partial charge is 0.191 e. The molecule has 0 saturated carbocycles. The van der Waals surface area contributed by atoms with E-state index in [9.17, 15) is 0 Å². The summed E-state index contributed by atoms with van der Waals surface area (Å²) in [7, 11) is 1.78. The van der Waals surface area contributed by atoms with Crippen LogP contribution in [0.5, 0.6) is 0 Å². The fourth-order valence-corrected chi connectivity index (χ4v) is 4.39. The van der Waals surface area contributed by atoms with Crippen LogP contribution in [0.25, 0.3) is 0 Å². The summed E-state index contributed by atoms with van der Waals surface area (Å²) in [6, 6.07) is 0. The maximum absolute atomic E-state index is 5.16. The van der Waals surface area contributed by atoms with E-state index in [4.69, 9.17) is 9.73 Å². The van der Waals surface area contributed by atoms with Gasteiger partial charge in [0.25, 0.3) is 0 Å². The first-order chi connectivity index (χ1) is 11.3. The molecule has 7 heteroatoms. The van der Waals surface area contributed by atoms with E-state index in [-0.39, 0.29) is 24.0 Å². The number of nitrogens with zero attached hydrogens (tertiary/aromatic N) is 2. The Morgan fingerprint density at radius 1 is 1.25 bits per heavy atom. The molecule has 2 aliphatic heterocycles. The Labute approximate surface area is 169 Å². The number of aliphatic imine (C=N–C) groups is 1. The average Bonchev–Trinajstić information content (AvgIpc) is 3.10. The van der Waals surface area contributed by atoms with Gasteiger partial charge >= 0.3 is 0 Å². The molecule has 2 rings (SSSR count). The first-order valence-electron chi connectivity index (χ1n) is 9.17. The number of piperidine rings is 1. The quantitative estimate of drug-likeness (QED) is 0.324. The van der Waals surface area contributed by atoms with Crippen molar-refractivity contribution in [2.75, 3.05) is 58.7 Å². The van der Waals surface area contributed by atoms with Crippen molar-refractivity contribution in [2.45, 2.75) is 37.9 Å². The minimum Gasteiger partial charge on any atom is -0.383 e. The molecule has 0 bridgehead atoms. The molecule has 0 radical (unpaired) electrons. The normalized spacial score (nSPS) is 23.1. The molecular weight excluding hydrogens is 435 g/mol. The number of guanidine groups is 1. The minimum absolute atomic E-state index is 0. The van der Waals surface area contributed by atoms with Gasteiger partial charge in [0.2, 0.25) is 0 Å². The van der Waals surface area contributed by atoms with E-state index in [1.54, 1.807) is 7.11 Å². The van der Waals surface area contributed by atoms with Gasteiger partial charge in [-0.05, 0) is 57.4 Å². The van der Waals surface area contributed by atoms with E-state index in [1.807, 2.05) is 0 Å². The molecule has 0 spiro atoms. The summed E-state index contributed by atoms with van der Waals surface area (Å²) in [4.78, 5) is 7.33. The predicted octanol–water partition coefficient (Wildman–Crippen LogP) is 2.41. The van der Waals surface area contributed by atoms with Gasteiger partial charge in [-0.15, -0.1) is 24.0 Å². The molecule has 0 aromatic carbocycles. The Hall–Kier alpha value is 0.270. The van der Waals surface area contributed by atoms with Crippen LogP contribution in [0.15, 0.2) is 4.99 Å². The third-order valence-electron chi connectivity index (χ3n) is 4.69. The molecule has 0 aromatic heterocycles. The van der Waals surface area contributed by atoms with Crippen molar-refractivity contribution >= 4 is 41.7 Å². The Bertz CT molecular complexity index is 345. The number of thioether (sulfide) groups is 1. The standard InChI is InChI=1S/C17H34N4OS.HI/c1-3-18-17(20-14-16-5-4-12-23-16)19-13-15-6-8-21(9-7-15)10-11-22-2;/h15-16H,3-14H2,1-2H3,(H2,18,19,20);1H. The molecular formula is C17H35IN4OS. The van der Waals surface area contributed by atoms with Crippen LogP contribution in [0.2, 0.25) is 0 Å². The van der Waals surface area contributed by atoms with Gasteiger partial charge in [-0.2, -0.15) is 11.8 Å². The van der Waals surface area contributed by atoms with E-state index in [0.717, 1.165) is 49.9 Å². The van der Waals surface area contributed by atoms with Gasteiger partial charge in [0.05, 0.1) is 6.61 Å². The van der Waals surface area contributed by atoms with E-state index in [1.165, 1.54) is 44.5 Å². The Morgan fingerprint density at radius 2 is 2.04 bits per heavy atom. The van der Waals surface area contributed by atoms with Crippen molar-refractivity contribution in [2.24, 2.45) is 10.9 Å². The number of hydrogen-bond donors (Lipinski definition) is 2. The lowest BCUT2D eigenvalue weighted by atomic mass is 9.97. The number of hydrogen-bond acceptors (Lipinski definition) is 4. The van der Waals surface area contributed by atoms with Gasteiger partial charge in [-0.3, -0.25) is 4.99 Å². The second-order valence-corrected chi connectivity index (χ2v) is 7.92. The molecule has 2 saturated heterocycles. The third kappa shape index (κ3) is 8.58. The maximum atomic E-state index is 5.16. The van der Waals surface area contributed by atoms with Crippen LogP contribution in [0, 0.1) is 5.92 Å². The first kappa shape index (κ1) is 22.3. The summed E-state index contributed by atoms with van der Waals surface area (Å²) >= 11 is 2.09. The van der Waals surface area contributed by atoms with Crippen LogP contribution in [-0.2, 0) is 4.74 Å². The zero-order valence-corrected chi connectivity index (χ0v) is 18.4. The van der Waals surface area contributed by atoms with Gasteiger partial charge in [0.15, 0.2) is 5.96 Å². The highest BCUT2D eigenvalue weighted by Gasteiger charge is 2.19. The minimum atomic E-state index is 0. The molecule has 0 aromatic rings. The molecule has 5 nitrogen and oxygen atoms in total. The maximum Gasteiger partial charge on any atom is 0.191 e. The summed E-state index contributed by atoms with van der Waals surface area (Å²) in [5, 5.41) is 7.68. The molecule has 2 fully saturated rings. The van der Waals surface area contributed by atoms with Gasteiger partial charge in [-0.25, -0.2) is 0 Å². The van der Waals surface area contributed by atoms with Crippen LogP contribution in [0.4, 0.5) is 0 Å². The van der Waals surface area contributed by atoms with Crippen molar-refractivity contribution < 1.29 is 4.74 Å². The van der Waals surface area contributed by atoms with Crippen molar-refractivity contribution in [3.8, 4) is 0 Å². The van der Waals surface area contributed by atoms with Gasteiger partial charge in [0.1, 0.15) is 0 Å². The van der Waals surface area contributed by atoms with Gasteiger partial charge < -0.3 is 20.3 Å². The third-order valence-corrected chi connectivity index (χ3v) is 6.09. The number of methoxy groups -OCH3 is 1. The van der Waals surface area contributed by atoms with Gasteiger partial charge in [-0.1, -0.05) is 0 Å². The molecule has 0 aliphatic carbocycles. The highest BCUT2D eigenvalue weighted by atomic mass is 127. The monoisotopic (exact) mass is 470 g/mol. The first-order valence-corrected chi connectivity index (χ1v) is 10.2. The lowest BCUT2D eigenvalue weighted by Gasteiger charge is -2.31.